The third-order valence-corrected chi connectivity index (χ3v) is 11.0. The van der Waals surface area contributed by atoms with Gasteiger partial charge >= 0.3 is 5.97 Å². The monoisotopic (exact) mass is 692 g/mol. The van der Waals surface area contributed by atoms with Gasteiger partial charge in [-0.1, -0.05) is 11.3 Å². The van der Waals surface area contributed by atoms with Crippen LogP contribution in [0.1, 0.15) is 68.5 Å². The predicted molar refractivity (Wildman–Crippen MR) is 187 cm³/mol. The van der Waals surface area contributed by atoms with E-state index in [4.69, 9.17) is 19.2 Å². The molecule has 13 heteroatoms. The average Bonchev–Trinajstić information content (AvgIpc) is 3.70. The first kappa shape index (κ1) is 33.8. The Kier molecular flexibility index (Phi) is 9.14. The molecule has 3 aromatic heterocycles. The molecule has 1 N–H and O–H groups in total. The second-order valence-corrected chi connectivity index (χ2v) is 15.3. The summed E-state index contributed by atoms with van der Waals surface area (Å²) in [5, 5.41) is 22.1. The van der Waals surface area contributed by atoms with Crippen molar-refractivity contribution in [3.63, 3.8) is 0 Å². The van der Waals surface area contributed by atoms with Crippen molar-refractivity contribution in [1.29, 1.82) is 0 Å². The summed E-state index contributed by atoms with van der Waals surface area (Å²) >= 11 is 1.53. The molecular weight excluding hydrogens is 647 g/mol. The highest BCUT2D eigenvalue weighted by Crippen LogP contribution is 2.46. The molecule has 6 heterocycles. The van der Waals surface area contributed by atoms with Crippen molar-refractivity contribution in [3.8, 4) is 27.6 Å². The van der Waals surface area contributed by atoms with E-state index in [2.05, 4.69) is 20.0 Å². The van der Waals surface area contributed by atoms with Gasteiger partial charge in [0.05, 0.1) is 17.9 Å². The topological polar surface area (TPSA) is 115 Å². The van der Waals surface area contributed by atoms with E-state index in [-0.39, 0.29) is 5.75 Å². The summed E-state index contributed by atoms with van der Waals surface area (Å²) < 4.78 is 35.3. The number of halogens is 1. The lowest BCUT2D eigenvalue weighted by Crippen LogP contribution is -2.51. The molecule has 1 aromatic carbocycles. The Labute approximate surface area is 290 Å². The number of pyridine rings is 1. The van der Waals surface area contributed by atoms with Gasteiger partial charge < -0.3 is 28.8 Å². The van der Waals surface area contributed by atoms with E-state index in [1.807, 2.05) is 45.4 Å². The predicted octanol–water partition coefficient (Wildman–Crippen LogP) is 6.08. The molecule has 7 rings (SSSR count). The van der Waals surface area contributed by atoms with Crippen molar-refractivity contribution in [2.45, 2.75) is 78.0 Å². The summed E-state index contributed by atoms with van der Waals surface area (Å²) in [5.74, 6) is -1.32. The number of hydrogen-bond acceptors (Lipinski definition) is 10. The van der Waals surface area contributed by atoms with Crippen LogP contribution in [0.25, 0.3) is 32.9 Å². The van der Waals surface area contributed by atoms with Crippen LogP contribution in [0.3, 0.4) is 0 Å². The minimum Gasteiger partial charge on any atom is -0.490 e. The number of aromatic nitrogens is 4. The van der Waals surface area contributed by atoms with E-state index >= 15 is 4.39 Å². The number of carboxylic acids is 1. The van der Waals surface area contributed by atoms with E-state index < -0.39 is 23.5 Å². The summed E-state index contributed by atoms with van der Waals surface area (Å²) in [6.45, 7) is 15.1. The molecule has 2 saturated heterocycles. The Bertz CT molecular complexity index is 1890. The summed E-state index contributed by atoms with van der Waals surface area (Å²) in [4.78, 5) is 22.7. The molecule has 0 bridgehead atoms. The number of nitrogens with zero attached hydrogens (tertiary/aromatic N) is 6. The first-order valence-electron chi connectivity index (χ1n) is 17.2. The maximum Gasteiger partial charge on any atom is 0.337 e. The Morgan fingerprint density at radius 1 is 1.10 bits per heavy atom. The van der Waals surface area contributed by atoms with E-state index in [0.717, 1.165) is 85.6 Å². The zero-order valence-corrected chi connectivity index (χ0v) is 30.0. The smallest absolute Gasteiger partial charge is 0.337 e. The number of rotatable bonds is 7. The van der Waals surface area contributed by atoms with Gasteiger partial charge in [-0.2, -0.15) is 0 Å². The van der Waals surface area contributed by atoms with Gasteiger partial charge in [-0.15, -0.1) is 10.2 Å². The van der Waals surface area contributed by atoms with Crippen molar-refractivity contribution in [2.75, 3.05) is 50.9 Å². The van der Waals surface area contributed by atoms with Crippen molar-refractivity contribution in [3.05, 3.63) is 40.3 Å². The molecule has 0 spiro atoms. The van der Waals surface area contributed by atoms with E-state index in [1.165, 1.54) is 17.4 Å². The number of piperazine rings is 1. The molecular formula is C36H45FN6O5S. The van der Waals surface area contributed by atoms with Gasteiger partial charge in [0.15, 0.2) is 22.7 Å². The van der Waals surface area contributed by atoms with E-state index in [1.54, 1.807) is 6.92 Å². The molecule has 1 atom stereocenters. The second-order valence-electron chi connectivity index (χ2n) is 14.3. The van der Waals surface area contributed by atoms with Crippen molar-refractivity contribution in [1.82, 2.24) is 24.6 Å². The number of fused-ring (bicyclic) bond motifs is 2. The first-order chi connectivity index (χ1) is 23.4. The van der Waals surface area contributed by atoms with Crippen LogP contribution < -0.4 is 9.64 Å². The Hall–Kier alpha value is -3.65. The van der Waals surface area contributed by atoms with Gasteiger partial charge in [-0.05, 0) is 83.6 Å². The van der Waals surface area contributed by atoms with Crippen LogP contribution in [0.15, 0.2) is 12.1 Å². The fourth-order valence-corrected chi connectivity index (χ4v) is 8.50. The lowest BCUT2D eigenvalue weighted by Gasteiger charge is -2.40. The summed E-state index contributed by atoms with van der Waals surface area (Å²) in [6.07, 6.45) is 2.29. The zero-order chi connectivity index (χ0) is 34.6. The van der Waals surface area contributed by atoms with Crippen molar-refractivity contribution < 1.29 is 28.5 Å². The molecule has 3 aliphatic rings. The fourth-order valence-electron chi connectivity index (χ4n) is 7.55. The van der Waals surface area contributed by atoms with Gasteiger partial charge in [0.25, 0.3) is 0 Å². The van der Waals surface area contributed by atoms with E-state index in [0.29, 0.717) is 52.5 Å². The van der Waals surface area contributed by atoms with Crippen LogP contribution >= 0.6 is 11.3 Å². The number of aryl methyl sites for hydroxylation is 2. The lowest BCUT2D eigenvalue weighted by molar-refractivity contribution is -0.160. The Morgan fingerprint density at radius 2 is 1.84 bits per heavy atom. The molecule has 0 radical (unpaired) electrons. The van der Waals surface area contributed by atoms with Gasteiger partial charge in [0.1, 0.15) is 5.65 Å². The normalized spacial score (nSPS) is 18.5. The van der Waals surface area contributed by atoms with Crippen molar-refractivity contribution in [2.24, 2.45) is 7.05 Å². The summed E-state index contributed by atoms with van der Waals surface area (Å²) in [6, 6.07) is 4.04. The third-order valence-electron chi connectivity index (χ3n) is 9.99. The van der Waals surface area contributed by atoms with Gasteiger partial charge in [0.2, 0.25) is 5.13 Å². The van der Waals surface area contributed by atoms with Crippen LogP contribution in [-0.2, 0) is 27.7 Å². The highest BCUT2D eigenvalue weighted by Gasteiger charge is 2.35. The quantitative estimate of drug-likeness (QED) is 0.244. The number of benzene rings is 1. The van der Waals surface area contributed by atoms with Gasteiger partial charge in [-0.3, -0.25) is 4.90 Å². The maximum absolute atomic E-state index is 15.8. The van der Waals surface area contributed by atoms with Crippen LogP contribution in [0.5, 0.6) is 5.75 Å². The van der Waals surface area contributed by atoms with E-state index in [9.17, 15) is 9.90 Å². The highest BCUT2D eigenvalue weighted by molar-refractivity contribution is 7.18. The fraction of sp³-hybridized carbons (Fsp3) is 0.556. The SMILES string of the molecule is Cc1nc2c(cc(-c3nnc(N4CCN(C5CCOCC5)CC4)s3)n2C)c(-c2cc(F)c3c(c2C)CCCO3)c1[C@H](OC(C)(C)C)C(=O)O. The third kappa shape index (κ3) is 6.42. The molecule has 0 saturated carbocycles. The van der Waals surface area contributed by atoms with Crippen LogP contribution in [0.4, 0.5) is 9.52 Å². The summed E-state index contributed by atoms with van der Waals surface area (Å²) in [7, 11) is 1.93. The second kappa shape index (κ2) is 13.2. The van der Waals surface area contributed by atoms with Gasteiger partial charge in [0, 0.05) is 80.3 Å². The van der Waals surface area contributed by atoms with Gasteiger partial charge in [-0.25, -0.2) is 14.2 Å². The van der Waals surface area contributed by atoms with Crippen LogP contribution in [0.2, 0.25) is 0 Å². The number of aliphatic carboxylic acids is 1. The highest BCUT2D eigenvalue weighted by atomic mass is 32.1. The molecule has 262 valence electrons. The summed E-state index contributed by atoms with van der Waals surface area (Å²) in [5.41, 5.74) is 4.44. The number of ether oxygens (including phenoxy) is 3. The molecule has 0 amide bonds. The molecule has 4 aromatic rings. The average molecular weight is 693 g/mol. The number of carboxylic acid groups (broad SMARTS) is 1. The zero-order valence-electron chi connectivity index (χ0n) is 29.1. The number of anilines is 1. The minimum atomic E-state index is -1.33. The van der Waals surface area contributed by atoms with Crippen LogP contribution in [-0.4, -0.2) is 93.4 Å². The largest absolute Gasteiger partial charge is 0.490 e. The lowest BCUT2D eigenvalue weighted by atomic mass is 9.86. The minimum absolute atomic E-state index is 0.278. The van der Waals surface area contributed by atoms with Crippen molar-refractivity contribution >= 4 is 33.5 Å². The molecule has 0 aliphatic carbocycles. The molecule has 3 aliphatic heterocycles. The first-order valence-corrected chi connectivity index (χ1v) is 18.0. The number of hydrogen-bond donors (Lipinski definition) is 1. The van der Waals surface area contributed by atoms with Crippen LogP contribution in [0, 0.1) is 19.7 Å². The molecule has 11 nitrogen and oxygen atoms in total. The molecule has 2 fully saturated rings. The molecule has 49 heavy (non-hydrogen) atoms. The Morgan fingerprint density at radius 3 is 2.53 bits per heavy atom. The standard InChI is InChI=1S/C36H45FN6O5S/c1-20-23-8-7-15-47-30(23)26(37)18-24(20)29-25-19-27(41(6)32(25)38-21(2)28(29)31(34(44)45)48-36(3,4)5)33-39-40-35(49-33)43-13-11-42(12-14-43)22-9-16-46-17-10-22/h18-19,22,31H,7-17H2,1-6H3,(H,44,45)/t31-/m0/s1. The number of carbonyl (C=O) groups is 1. The Balaban J connectivity index is 1.33. The molecule has 0 unspecified atom stereocenters. The maximum atomic E-state index is 15.8.